The number of pyridine rings is 1. The van der Waals surface area contributed by atoms with Crippen molar-refractivity contribution < 1.29 is 22.0 Å². The maximum Gasteiger partial charge on any atom is 0.419 e. The lowest BCUT2D eigenvalue weighted by Gasteiger charge is -2.15. The maximum absolute atomic E-state index is 13.5. The summed E-state index contributed by atoms with van der Waals surface area (Å²) in [5.41, 5.74) is 4.41. The summed E-state index contributed by atoms with van der Waals surface area (Å²) >= 11 is 0. The second-order valence-corrected chi connectivity index (χ2v) is 4.11. The number of hydrogen-bond acceptors (Lipinski definition) is 2. The van der Waals surface area contributed by atoms with Crippen LogP contribution in [0.5, 0.6) is 0 Å². The third kappa shape index (κ3) is 2.77. The van der Waals surface area contributed by atoms with Crippen LogP contribution in [-0.2, 0) is 6.18 Å². The van der Waals surface area contributed by atoms with Crippen molar-refractivity contribution in [1.29, 1.82) is 0 Å². The molecule has 1 unspecified atom stereocenters. The standard InChI is InChI=1S/C13H9F5N2/c14-10-5-7(1-2-9(10)13(16,17)18)12(19)8-3-4-20-6-11(8)15/h1-6,12H,19H2. The Morgan fingerprint density at radius 3 is 2.30 bits per heavy atom. The van der Waals surface area contributed by atoms with Gasteiger partial charge in [0.1, 0.15) is 11.6 Å². The highest BCUT2D eigenvalue weighted by atomic mass is 19.4. The van der Waals surface area contributed by atoms with Crippen molar-refractivity contribution in [1.82, 2.24) is 4.98 Å². The molecule has 0 bridgehead atoms. The van der Waals surface area contributed by atoms with E-state index in [1.54, 1.807) is 0 Å². The first kappa shape index (κ1) is 14.4. The molecule has 1 atom stereocenters. The first-order valence-corrected chi connectivity index (χ1v) is 5.52. The number of aromatic nitrogens is 1. The van der Waals surface area contributed by atoms with Gasteiger partial charge >= 0.3 is 6.18 Å². The lowest BCUT2D eigenvalue weighted by Crippen LogP contribution is -2.15. The van der Waals surface area contributed by atoms with Gasteiger partial charge in [-0.15, -0.1) is 0 Å². The van der Waals surface area contributed by atoms with Crippen LogP contribution >= 0.6 is 0 Å². The molecule has 0 radical (unpaired) electrons. The molecule has 1 aromatic heterocycles. The predicted octanol–water partition coefficient (Wildman–Crippen LogP) is 3.43. The largest absolute Gasteiger partial charge is 0.419 e. The lowest BCUT2D eigenvalue weighted by molar-refractivity contribution is -0.140. The highest BCUT2D eigenvalue weighted by Gasteiger charge is 2.34. The Morgan fingerprint density at radius 1 is 1.05 bits per heavy atom. The Hall–Kier alpha value is -2.02. The minimum Gasteiger partial charge on any atom is -0.320 e. The van der Waals surface area contributed by atoms with Crippen molar-refractivity contribution in [3.8, 4) is 0 Å². The number of alkyl halides is 3. The zero-order chi connectivity index (χ0) is 14.9. The molecule has 0 saturated carbocycles. The van der Waals surface area contributed by atoms with Crippen molar-refractivity contribution in [2.24, 2.45) is 5.73 Å². The molecule has 0 amide bonds. The van der Waals surface area contributed by atoms with E-state index in [0.29, 0.717) is 12.1 Å². The summed E-state index contributed by atoms with van der Waals surface area (Å²) in [6.45, 7) is 0. The molecule has 20 heavy (non-hydrogen) atoms. The van der Waals surface area contributed by atoms with Crippen molar-refractivity contribution in [2.45, 2.75) is 12.2 Å². The minimum atomic E-state index is -4.78. The predicted molar refractivity (Wildman–Crippen MR) is 61.6 cm³/mol. The van der Waals surface area contributed by atoms with Crippen molar-refractivity contribution in [3.05, 3.63) is 65.0 Å². The molecule has 0 aliphatic heterocycles. The second kappa shape index (κ2) is 5.16. The van der Waals surface area contributed by atoms with E-state index in [-0.39, 0.29) is 11.1 Å². The second-order valence-electron chi connectivity index (χ2n) is 4.11. The van der Waals surface area contributed by atoms with Crippen LogP contribution in [-0.4, -0.2) is 4.98 Å². The molecule has 2 nitrogen and oxygen atoms in total. The van der Waals surface area contributed by atoms with Gasteiger partial charge in [-0.2, -0.15) is 13.2 Å². The van der Waals surface area contributed by atoms with Crippen molar-refractivity contribution in [3.63, 3.8) is 0 Å². The first-order chi connectivity index (χ1) is 9.30. The van der Waals surface area contributed by atoms with Crippen LogP contribution in [0.4, 0.5) is 22.0 Å². The Morgan fingerprint density at radius 2 is 1.75 bits per heavy atom. The molecule has 7 heteroatoms. The van der Waals surface area contributed by atoms with Crippen molar-refractivity contribution >= 4 is 0 Å². The number of halogens is 5. The minimum absolute atomic E-state index is 0.0270. The van der Waals surface area contributed by atoms with E-state index in [9.17, 15) is 22.0 Å². The van der Waals surface area contributed by atoms with Crippen LogP contribution in [0.1, 0.15) is 22.7 Å². The van der Waals surface area contributed by atoms with E-state index in [0.717, 1.165) is 12.3 Å². The molecular formula is C13H9F5N2. The van der Waals surface area contributed by atoms with Gasteiger partial charge in [0.15, 0.2) is 0 Å². The van der Waals surface area contributed by atoms with Gasteiger partial charge in [0, 0.05) is 11.8 Å². The summed E-state index contributed by atoms with van der Waals surface area (Å²) in [4.78, 5) is 3.53. The summed E-state index contributed by atoms with van der Waals surface area (Å²) in [6.07, 6.45) is -2.57. The molecule has 0 fully saturated rings. The third-order valence-electron chi connectivity index (χ3n) is 2.80. The summed E-state index contributed by atoms with van der Waals surface area (Å²) in [6, 6.07) is 2.48. The van der Waals surface area contributed by atoms with E-state index in [4.69, 9.17) is 5.73 Å². The summed E-state index contributed by atoms with van der Waals surface area (Å²) in [7, 11) is 0. The summed E-state index contributed by atoms with van der Waals surface area (Å²) < 4.78 is 64.2. The fourth-order valence-electron chi connectivity index (χ4n) is 1.77. The number of nitrogens with two attached hydrogens (primary N) is 1. The summed E-state index contributed by atoms with van der Waals surface area (Å²) in [5, 5.41) is 0. The number of benzene rings is 1. The quantitative estimate of drug-likeness (QED) is 0.860. The van der Waals surface area contributed by atoms with E-state index < -0.39 is 29.4 Å². The molecule has 2 aromatic rings. The average molecular weight is 288 g/mol. The normalized spacial score (nSPS) is 13.3. The molecule has 2 N–H and O–H groups in total. The monoisotopic (exact) mass is 288 g/mol. The molecule has 0 saturated heterocycles. The lowest BCUT2D eigenvalue weighted by atomic mass is 9.98. The SMILES string of the molecule is NC(c1ccc(C(F)(F)F)c(F)c1)c1ccncc1F. The molecule has 0 aliphatic rings. The molecule has 0 spiro atoms. The van der Waals surface area contributed by atoms with Gasteiger partial charge in [0.05, 0.1) is 17.8 Å². The Labute approximate surface area is 111 Å². The Kier molecular flexibility index (Phi) is 3.71. The summed E-state index contributed by atoms with van der Waals surface area (Å²) in [5.74, 6) is -2.15. The number of rotatable bonds is 2. The molecule has 0 aliphatic carbocycles. The van der Waals surface area contributed by atoms with E-state index in [1.165, 1.54) is 12.3 Å². The molecule has 1 heterocycles. The molecular weight excluding hydrogens is 279 g/mol. The van der Waals surface area contributed by atoms with Crippen LogP contribution in [0.15, 0.2) is 36.7 Å². The zero-order valence-electron chi connectivity index (χ0n) is 9.96. The highest BCUT2D eigenvalue weighted by molar-refractivity contribution is 5.34. The maximum atomic E-state index is 13.5. The average Bonchev–Trinajstić information content (AvgIpc) is 2.37. The third-order valence-corrected chi connectivity index (χ3v) is 2.80. The fourth-order valence-corrected chi connectivity index (χ4v) is 1.77. The Bertz CT molecular complexity index is 624. The Balaban J connectivity index is 2.40. The highest BCUT2D eigenvalue weighted by Crippen LogP contribution is 2.33. The van der Waals surface area contributed by atoms with Gasteiger partial charge in [0.2, 0.25) is 0 Å². The van der Waals surface area contributed by atoms with Gasteiger partial charge in [-0.25, -0.2) is 8.78 Å². The van der Waals surface area contributed by atoms with E-state index in [1.807, 2.05) is 0 Å². The first-order valence-electron chi connectivity index (χ1n) is 5.52. The van der Waals surface area contributed by atoms with E-state index >= 15 is 0 Å². The van der Waals surface area contributed by atoms with Gasteiger partial charge in [0.25, 0.3) is 0 Å². The van der Waals surface area contributed by atoms with Gasteiger partial charge in [-0.3, -0.25) is 4.98 Å². The van der Waals surface area contributed by atoms with Gasteiger partial charge < -0.3 is 5.73 Å². The fraction of sp³-hybridized carbons (Fsp3) is 0.154. The smallest absolute Gasteiger partial charge is 0.320 e. The van der Waals surface area contributed by atoms with Gasteiger partial charge in [-0.05, 0) is 23.8 Å². The van der Waals surface area contributed by atoms with Crippen LogP contribution < -0.4 is 5.73 Å². The van der Waals surface area contributed by atoms with Crippen LogP contribution in [0.25, 0.3) is 0 Å². The molecule has 2 rings (SSSR count). The topological polar surface area (TPSA) is 38.9 Å². The number of nitrogens with zero attached hydrogens (tertiary/aromatic N) is 1. The van der Waals surface area contributed by atoms with Crippen LogP contribution in [0.3, 0.4) is 0 Å². The molecule has 106 valence electrons. The van der Waals surface area contributed by atoms with E-state index in [2.05, 4.69) is 4.98 Å². The zero-order valence-corrected chi connectivity index (χ0v) is 9.96. The van der Waals surface area contributed by atoms with Gasteiger partial charge in [-0.1, -0.05) is 6.07 Å². The van der Waals surface area contributed by atoms with Crippen LogP contribution in [0.2, 0.25) is 0 Å². The van der Waals surface area contributed by atoms with Crippen molar-refractivity contribution in [2.75, 3.05) is 0 Å². The van der Waals surface area contributed by atoms with Crippen LogP contribution in [0, 0.1) is 11.6 Å². The number of hydrogen-bond donors (Lipinski definition) is 1. The molecule has 1 aromatic carbocycles.